The van der Waals surface area contributed by atoms with Crippen molar-refractivity contribution >= 4 is 11.9 Å². The molecule has 122 valence electrons. The highest BCUT2D eigenvalue weighted by atomic mass is 16.5. The van der Waals surface area contributed by atoms with Crippen molar-refractivity contribution in [2.45, 2.75) is 13.0 Å². The summed E-state index contributed by atoms with van der Waals surface area (Å²) >= 11 is 0. The van der Waals surface area contributed by atoms with Gasteiger partial charge in [-0.15, -0.1) is 0 Å². The van der Waals surface area contributed by atoms with Crippen LogP contribution in [-0.4, -0.2) is 52.6 Å². The summed E-state index contributed by atoms with van der Waals surface area (Å²) in [6, 6.07) is 5.38. The third kappa shape index (κ3) is 4.77. The van der Waals surface area contributed by atoms with Crippen LogP contribution in [0.2, 0.25) is 0 Å². The molecular weight excluding hydrogens is 300 g/mol. The molecule has 0 aliphatic carbocycles. The highest BCUT2D eigenvalue weighted by Gasteiger charge is 2.14. The predicted octanol–water partition coefficient (Wildman–Crippen LogP) is 0.208. The predicted molar refractivity (Wildman–Crippen MR) is 80.5 cm³/mol. The maximum Gasteiger partial charge on any atom is 0.317 e. The summed E-state index contributed by atoms with van der Waals surface area (Å²) in [5.41, 5.74) is 0.916. The van der Waals surface area contributed by atoms with Gasteiger partial charge < -0.3 is 20.1 Å². The number of amides is 3. The SMILES string of the molecule is CNC(=O)c1noc(CNC(=O)N(C)CCc2ccccn2)n1. The molecule has 3 amide bonds. The van der Waals surface area contributed by atoms with Gasteiger partial charge in [-0.2, -0.15) is 4.98 Å². The Balaban J connectivity index is 1.77. The molecule has 0 fully saturated rings. The van der Waals surface area contributed by atoms with E-state index in [-0.39, 0.29) is 24.3 Å². The molecule has 9 nitrogen and oxygen atoms in total. The quantitative estimate of drug-likeness (QED) is 0.787. The van der Waals surface area contributed by atoms with Crippen LogP contribution >= 0.6 is 0 Å². The smallest absolute Gasteiger partial charge is 0.317 e. The normalized spacial score (nSPS) is 10.2. The number of nitrogens with one attached hydrogen (secondary N) is 2. The first-order chi connectivity index (χ1) is 11.1. The second kappa shape index (κ2) is 7.87. The number of carbonyl (C=O) groups excluding carboxylic acids is 2. The van der Waals surface area contributed by atoms with Crippen molar-refractivity contribution in [3.05, 3.63) is 41.8 Å². The van der Waals surface area contributed by atoms with Gasteiger partial charge in [0.2, 0.25) is 5.89 Å². The average Bonchev–Trinajstić information content (AvgIpc) is 3.06. The summed E-state index contributed by atoms with van der Waals surface area (Å²) in [6.45, 7) is 0.576. The second-order valence-electron chi connectivity index (χ2n) is 4.74. The fourth-order valence-corrected chi connectivity index (χ4v) is 1.75. The van der Waals surface area contributed by atoms with Crippen LogP contribution in [0.15, 0.2) is 28.9 Å². The van der Waals surface area contributed by atoms with E-state index < -0.39 is 5.91 Å². The van der Waals surface area contributed by atoms with E-state index >= 15 is 0 Å². The van der Waals surface area contributed by atoms with E-state index in [0.29, 0.717) is 13.0 Å². The first-order valence-corrected chi connectivity index (χ1v) is 7.03. The number of hydrogen-bond acceptors (Lipinski definition) is 6. The molecule has 0 saturated carbocycles. The molecule has 0 aromatic carbocycles. The fraction of sp³-hybridized carbons (Fsp3) is 0.357. The summed E-state index contributed by atoms with van der Waals surface area (Å²) in [4.78, 5) is 32.9. The average molecular weight is 318 g/mol. The Morgan fingerprint density at radius 2 is 2.17 bits per heavy atom. The lowest BCUT2D eigenvalue weighted by atomic mass is 10.2. The minimum atomic E-state index is -0.446. The molecule has 23 heavy (non-hydrogen) atoms. The Bertz CT molecular complexity index is 658. The number of hydrogen-bond donors (Lipinski definition) is 2. The van der Waals surface area contributed by atoms with Gasteiger partial charge >= 0.3 is 6.03 Å². The lowest BCUT2D eigenvalue weighted by molar-refractivity contribution is 0.0950. The van der Waals surface area contributed by atoms with Gasteiger partial charge in [-0.1, -0.05) is 11.2 Å². The topological polar surface area (TPSA) is 113 Å². The summed E-state index contributed by atoms with van der Waals surface area (Å²) in [7, 11) is 3.15. The Kier molecular flexibility index (Phi) is 5.61. The Morgan fingerprint density at radius 3 is 2.87 bits per heavy atom. The van der Waals surface area contributed by atoms with E-state index in [1.54, 1.807) is 13.2 Å². The minimum Gasteiger partial charge on any atom is -0.352 e. The molecule has 2 rings (SSSR count). The zero-order valence-corrected chi connectivity index (χ0v) is 12.9. The maximum atomic E-state index is 12.0. The maximum absolute atomic E-state index is 12.0. The molecule has 9 heteroatoms. The Morgan fingerprint density at radius 1 is 1.35 bits per heavy atom. The minimum absolute atomic E-state index is 0.0523. The lowest BCUT2D eigenvalue weighted by Crippen LogP contribution is -2.38. The van der Waals surface area contributed by atoms with Crippen molar-refractivity contribution in [2.24, 2.45) is 0 Å². The van der Waals surface area contributed by atoms with Crippen LogP contribution in [0.5, 0.6) is 0 Å². The van der Waals surface area contributed by atoms with Gasteiger partial charge in [-0.05, 0) is 12.1 Å². The Hall–Kier alpha value is -2.97. The third-order valence-corrected chi connectivity index (χ3v) is 3.07. The molecule has 0 saturated heterocycles. The highest BCUT2D eigenvalue weighted by Crippen LogP contribution is 1.99. The second-order valence-corrected chi connectivity index (χ2v) is 4.74. The number of likely N-dealkylation sites (N-methyl/N-ethyl adjacent to an activating group) is 1. The molecule has 0 radical (unpaired) electrons. The van der Waals surface area contributed by atoms with Gasteiger partial charge in [-0.25, -0.2) is 4.79 Å². The molecule has 0 unspecified atom stereocenters. The molecule has 0 atom stereocenters. The molecule has 0 aliphatic heterocycles. The van der Waals surface area contributed by atoms with E-state index in [1.807, 2.05) is 18.2 Å². The van der Waals surface area contributed by atoms with Gasteiger partial charge in [0.15, 0.2) is 0 Å². The molecule has 2 aromatic heterocycles. The van der Waals surface area contributed by atoms with Gasteiger partial charge in [0.25, 0.3) is 11.7 Å². The molecule has 2 aromatic rings. The zero-order valence-electron chi connectivity index (χ0n) is 12.9. The molecular formula is C14H18N6O3. The van der Waals surface area contributed by atoms with Crippen molar-refractivity contribution in [3.63, 3.8) is 0 Å². The molecule has 0 bridgehead atoms. The van der Waals surface area contributed by atoms with Crippen LogP contribution in [0.3, 0.4) is 0 Å². The monoisotopic (exact) mass is 318 g/mol. The van der Waals surface area contributed by atoms with Gasteiger partial charge in [0, 0.05) is 39.0 Å². The number of aromatic nitrogens is 3. The van der Waals surface area contributed by atoms with Crippen LogP contribution in [0.4, 0.5) is 4.79 Å². The number of pyridine rings is 1. The third-order valence-electron chi connectivity index (χ3n) is 3.07. The van der Waals surface area contributed by atoms with E-state index in [2.05, 4.69) is 25.8 Å². The van der Waals surface area contributed by atoms with Crippen LogP contribution in [0.25, 0.3) is 0 Å². The molecule has 2 heterocycles. The standard InChI is InChI=1S/C14H18N6O3/c1-15-13(21)12-18-11(23-19-12)9-17-14(22)20(2)8-6-10-5-3-4-7-16-10/h3-5,7H,6,8-9H2,1-2H3,(H,15,21)(H,17,22). The van der Waals surface area contributed by atoms with E-state index in [1.165, 1.54) is 11.9 Å². The summed E-state index contributed by atoms with van der Waals surface area (Å²) in [5.74, 6) is -0.353. The summed E-state index contributed by atoms with van der Waals surface area (Å²) in [5, 5.41) is 8.54. The van der Waals surface area contributed by atoms with Crippen molar-refractivity contribution in [1.29, 1.82) is 0 Å². The molecule has 0 spiro atoms. The van der Waals surface area contributed by atoms with E-state index in [4.69, 9.17) is 4.52 Å². The number of nitrogens with zero attached hydrogens (tertiary/aromatic N) is 4. The molecule has 2 N–H and O–H groups in total. The zero-order chi connectivity index (χ0) is 16.7. The fourth-order valence-electron chi connectivity index (χ4n) is 1.75. The largest absolute Gasteiger partial charge is 0.352 e. The lowest BCUT2D eigenvalue weighted by Gasteiger charge is -2.16. The van der Waals surface area contributed by atoms with Crippen LogP contribution in [0, 0.1) is 0 Å². The van der Waals surface area contributed by atoms with Gasteiger partial charge in [-0.3, -0.25) is 9.78 Å². The van der Waals surface area contributed by atoms with Crippen molar-refractivity contribution in [2.75, 3.05) is 20.6 Å². The van der Waals surface area contributed by atoms with E-state index in [9.17, 15) is 9.59 Å². The van der Waals surface area contributed by atoms with Crippen LogP contribution < -0.4 is 10.6 Å². The van der Waals surface area contributed by atoms with E-state index in [0.717, 1.165) is 5.69 Å². The summed E-state index contributed by atoms with van der Waals surface area (Å²) < 4.78 is 4.88. The van der Waals surface area contributed by atoms with Crippen molar-refractivity contribution < 1.29 is 14.1 Å². The van der Waals surface area contributed by atoms with Crippen LogP contribution in [-0.2, 0) is 13.0 Å². The highest BCUT2D eigenvalue weighted by molar-refractivity contribution is 5.89. The number of rotatable bonds is 6. The first kappa shape index (κ1) is 16.4. The summed E-state index contributed by atoms with van der Waals surface area (Å²) in [6.07, 6.45) is 2.38. The Labute approximate surface area is 133 Å². The molecule has 0 aliphatic rings. The van der Waals surface area contributed by atoms with Crippen molar-refractivity contribution in [1.82, 2.24) is 30.7 Å². The van der Waals surface area contributed by atoms with Gasteiger partial charge in [0.05, 0.1) is 6.54 Å². The number of carbonyl (C=O) groups is 2. The number of urea groups is 1. The first-order valence-electron chi connectivity index (χ1n) is 7.03. The van der Waals surface area contributed by atoms with Crippen LogP contribution in [0.1, 0.15) is 22.2 Å². The van der Waals surface area contributed by atoms with Gasteiger partial charge in [0.1, 0.15) is 0 Å². The van der Waals surface area contributed by atoms with Crippen molar-refractivity contribution in [3.8, 4) is 0 Å².